The van der Waals surface area contributed by atoms with Crippen molar-refractivity contribution in [1.29, 1.82) is 0 Å². The Morgan fingerprint density at radius 2 is 2.00 bits per heavy atom. The number of amides is 1. The minimum atomic E-state index is -0.769. The van der Waals surface area contributed by atoms with Crippen LogP contribution < -0.4 is 9.47 Å². The van der Waals surface area contributed by atoms with Crippen molar-refractivity contribution in [3.63, 3.8) is 0 Å². The largest absolute Gasteiger partial charge is 0.497 e. The van der Waals surface area contributed by atoms with Crippen LogP contribution in [-0.2, 0) is 9.53 Å². The molecular weight excluding hydrogens is 282 g/mol. The fraction of sp³-hybridized carbons (Fsp3) is 0.500. The molecule has 1 amide bonds. The maximum Gasteiger partial charge on any atom is 0.245 e. The highest BCUT2D eigenvalue weighted by Gasteiger charge is 2.27. The van der Waals surface area contributed by atoms with Crippen molar-refractivity contribution in [3.8, 4) is 11.5 Å². The summed E-state index contributed by atoms with van der Waals surface area (Å²) in [5.74, 6) is 1.08. The second-order valence-corrected chi connectivity index (χ2v) is 4.84. The maximum atomic E-state index is 12.4. The number of nitrogens with zero attached hydrogens (tertiary/aromatic N) is 1. The molecule has 0 aromatic heterocycles. The topological polar surface area (TPSA) is 48.0 Å². The zero-order valence-corrected chi connectivity index (χ0v) is 12.4. The normalized spacial score (nSPS) is 16.6. The second kappa shape index (κ2) is 6.81. The molecule has 1 heterocycles. The molecule has 1 aliphatic rings. The monoisotopic (exact) mass is 299 g/mol. The van der Waals surface area contributed by atoms with Gasteiger partial charge in [0.15, 0.2) is 0 Å². The quantitative estimate of drug-likeness (QED) is 0.796. The molecule has 20 heavy (non-hydrogen) atoms. The van der Waals surface area contributed by atoms with Gasteiger partial charge in [-0.05, 0) is 12.1 Å². The molecule has 0 aliphatic carbocycles. The van der Waals surface area contributed by atoms with E-state index < -0.39 is 5.38 Å². The molecular formula is C14H18ClNO4. The molecule has 1 aromatic rings. The smallest absolute Gasteiger partial charge is 0.245 e. The van der Waals surface area contributed by atoms with Crippen LogP contribution in [0, 0.1) is 0 Å². The Kier molecular flexibility index (Phi) is 5.09. The van der Waals surface area contributed by atoms with Crippen LogP contribution in [0.25, 0.3) is 0 Å². The van der Waals surface area contributed by atoms with Crippen molar-refractivity contribution in [2.45, 2.75) is 5.38 Å². The van der Waals surface area contributed by atoms with Crippen molar-refractivity contribution in [1.82, 2.24) is 4.90 Å². The van der Waals surface area contributed by atoms with E-state index in [0.29, 0.717) is 43.4 Å². The van der Waals surface area contributed by atoms with Crippen LogP contribution in [0.15, 0.2) is 18.2 Å². The highest BCUT2D eigenvalue weighted by Crippen LogP contribution is 2.34. The van der Waals surface area contributed by atoms with Crippen LogP contribution >= 0.6 is 11.6 Å². The SMILES string of the molecule is COc1ccc(C(Cl)C(=O)N2CCOCC2)c(OC)c1. The second-order valence-electron chi connectivity index (χ2n) is 4.41. The number of carbonyl (C=O) groups excluding carboxylic acids is 1. The zero-order valence-electron chi connectivity index (χ0n) is 11.6. The van der Waals surface area contributed by atoms with Gasteiger partial charge in [0.1, 0.15) is 16.9 Å². The van der Waals surface area contributed by atoms with Gasteiger partial charge in [-0.15, -0.1) is 11.6 Å². The number of rotatable bonds is 4. The first-order chi connectivity index (χ1) is 9.67. The van der Waals surface area contributed by atoms with Crippen molar-refractivity contribution >= 4 is 17.5 Å². The Hall–Kier alpha value is -1.46. The Morgan fingerprint density at radius 3 is 2.60 bits per heavy atom. The van der Waals surface area contributed by atoms with Gasteiger partial charge in [0, 0.05) is 24.7 Å². The van der Waals surface area contributed by atoms with Crippen LogP contribution in [0.5, 0.6) is 11.5 Å². The zero-order chi connectivity index (χ0) is 14.5. The third-order valence-corrected chi connectivity index (χ3v) is 3.68. The number of ether oxygens (including phenoxy) is 3. The van der Waals surface area contributed by atoms with Gasteiger partial charge in [0.2, 0.25) is 5.91 Å². The van der Waals surface area contributed by atoms with Gasteiger partial charge in [-0.1, -0.05) is 0 Å². The molecule has 5 nitrogen and oxygen atoms in total. The van der Waals surface area contributed by atoms with E-state index in [-0.39, 0.29) is 5.91 Å². The van der Waals surface area contributed by atoms with Gasteiger partial charge in [0.25, 0.3) is 0 Å². The maximum absolute atomic E-state index is 12.4. The van der Waals surface area contributed by atoms with Crippen LogP contribution in [0.2, 0.25) is 0 Å². The molecule has 0 bridgehead atoms. The predicted molar refractivity (Wildman–Crippen MR) is 75.5 cm³/mol. The van der Waals surface area contributed by atoms with E-state index in [2.05, 4.69) is 0 Å². The van der Waals surface area contributed by atoms with E-state index in [1.165, 1.54) is 0 Å². The molecule has 1 fully saturated rings. The Labute approximate surface area is 123 Å². The van der Waals surface area contributed by atoms with Gasteiger partial charge in [-0.3, -0.25) is 4.79 Å². The van der Waals surface area contributed by atoms with Crippen LogP contribution in [-0.4, -0.2) is 51.3 Å². The van der Waals surface area contributed by atoms with Gasteiger partial charge in [-0.25, -0.2) is 0 Å². The summed E-state index contributed by atoms with van der Waals surface area (Å²) in [6.07, 6.45) is 0. The van der Waals surface area contributed by atoms with E-state index in [0.717, 1.165) is 0 Å². The number of alkyl halides is 1. The lowest BCUT2D eigenvalue weighted by Gasteiger charge is -2.29. The summed E-state index contributed by atoms with van der Waals surface area (Å²) in [5, 5.41) is -0.769. The number of carbonyl (C=O) groups is 1. The molecule has 110 valence electrons. The highest BCUT2D eigenvalue weighted by molar-refractivity contribution is 6.31. The molecule has 1 aliphatic heterocycles. The molecule has 1 unspecified atom stereocenters. The van der Waals surface area contributed by atoms with E-state index in [9.17, 15) is 4.79 Å². The molecule has 0 spiro atoms. The Morgan fingerprint density at radius 1 is 1.30 bits per heavy atom. The molecule has 6 heteroatoms. The number of benzene rings is 1. The Bertz CT molecular complexity index is 474. The van der Waals surface area contributed by atoms with Gasteiger partial charge < -0.3 is 19.1 Å². The number of hydrogen-bond acceptors (Lipinski definition) is 4. The molecule has 1 aromatic carbocycles. The summed E-state index contributed by atoms with van der Waals surface area (Å²) in [4.78, 5) is 14.1. The number of hydrogen-bond donors (Lipinski definition) is 0. The van der Waals surface area contributed by atoms with Crippen LogP contribution in [0.4, 0.5) is 0 Å². The molecule has 0 saturated carbocycles. The molecule has 2 rings (SSSR count). The van der Waals surface area contributed by atoms with Crippen molar-refractivity contribution < 1.29 is 19.0 Å². The molecule has 1 atom stereocenters. The van der Waals surface area contributed by atoms with Crippen LogP contribution in [0.3, 0.4) is 0 Å². The highest BCUT2D eigenvalue weighted by atomic mass is 35.5. The number of methoxy groups -OCH3 is 2. The minimum absolute atomic E-state index is 0.126. The molecule has 0 radical (unpaired) electrons. The van der Waals surface area contributed by atoms with Crippen molar-refractivity contribution in [2.24, 2.45) is 0 Å². The summed E-state index contributed by atoms with van der Waals surface area (Å²) in [6, 6.07) is 5.24. The van der Waals surface area contributed by atoms with E-state index in [1.54, 1.807) is 37.3 Å². The first-order valence-corrected chi connectivity index (χ1v) is 6.83. The first-order valence-electron chi connectivity index (χ1n) is 6.40. The lowest BCUT2D eigenvalue weighted by Crippen LogP contribution is -2.42. The summed E-state index contributed by atoms with van der Waals surface area (Å²) < 4.78 is 15.7. The van der Waals surface area contributed by atoms with Crippen LogP contribution in [0.1, 0.15) is 10.9 Å². The van der Waals surface area contributed by atoms with E-state index >= 15 is 0 Å². The average Bonchev–Trinajstić information content (AvgIpc) is 2.53. The van der Waals surface area contributed by atoms with Gasteiger partial charge in [0.05, 0.1) is 27.4 Å². The molecule has 0 N–H and O–H groups in total. The van der Waals surface area contributed by atoms with Gasteiger partial charge in [-0.2, -0.15) is 0 Å². The third-order valence-electron chi connectivity index (χ3n) is 3.25. The first kappa shape index (κ1) is 14.9. The van der Waals surface area contributed by atoms with Gasteiger partial charge >= 0.3 is 0 Å². The number of morpholine rings is 1. The summed E-state index contributed by atoms with van der Waals surface area (Å²) >= 11 is 6.32. The number of halogens is 1. The minimum Gasteiger partial charge on any atom is -0.497 e. The fourth-order valence-electron chi connectivity index (χ4n) is 2.10. The summed E-state index contributed by atoms with van der Waals surface area (Å²) in [7, 11) is 3.12. The average molecular weight is 300 g/mol. The van der Waals surface area contributed by atoms with Crippen molar-refractivity contribution in [3.05, 3.63) is 23.8 Å². The fourth-order valence-corrected chi connectivity index (χ4v) is 2.42. The molecule has 1 saturated heterocycles. The lowest BCUT2D eigenvalue weighted by molar-refractivity contribution is -0.135. The summed E-state index contributed by atoms with van der Waals surface area (Å²) in [5.41, 5.74) is 0.645. The van der Waals surface area contributed by atoms with E-state index in [4.69, 9.17) is 25.8 Å². The summed E-state index contributed by atoms with van der Waals surface area (Å²) in [6.45, 7) is 2.24. The predicted octanol–water partition coefficient (Wildman–Crippen LogP) is 1.84. The van der Waals surface area contributed by atoms with Crippen molar-refractivity contribution in [2.75, 3.05) is 40.5 Å². The Balaban J connectivity index is 2.18. The standard InChI is InChI=1S/C14H18ClNO4/c1-18-10-3-4-11(12(9-10)19-2)13(15)14(17)16-5-7-20-8-6-16/h3-4,9,13H,5-8H2,1-2H3. The third kappa shape index (κ3) is 3.16. The lowest BCUT2D eigenvalue weighted by atomic mass is 10.1. The van der Waals surface area contributed by atoms with E-state index in [1.807, 2.05) is 0 Å².